The molecule has 0 saturated carbocycles. The Labute approximate surface area is 185 Å². The van der Waals surface area contributed by atoms with E-state index in [4.69, 9.17) is 10.5 Å². The molecule has 2 aromatic rings. The van der Waals surface area contributed by atoms with E-state index in [1.54, 1.807) is 0 Å². The van der Waals surface area contributed by atoms with Crippen LogP contribution in [-0.2, 0) is 9.59 Å². The van der Waals surface area contributed by atoms with Crippen LogP contribution in [0.25, 0.3) is 0 Å². The molecule has 0 spiro atoms. The lowest BCUT2D eigenvalue weighted by Gasteiger charge is -2.15. The van der Waals surface area contributed by atoms with Crippen LogP contribution in [0.5, 0.6) is 5.75 Å². The van der Waals surface area contributed by atoms with Crippen molar-refractivity contribution in [3.05, 3.63) is 65.2 Å². The monoisotopic (exact) mass is 433 g/mol. The van der Waals surface area contributed by atoms with Gasteiger partial charge in [-0.05, 0) is 50.5 Å². The van der Waals surface area contributed by atoms with Crippen molar-refractivity contribution in [2.45, 2.75) is 45.7 Å². The van der Waals surface area contributed by atoms with E-state index < -0.39 is 6.04 Å². The molecular weight excluding hydrogens is 402 g/mol. The first-order chi connectivity index (χ1) is 13.9. The van der Waals surface area contributed by atoms with Gasteiger partial charge in [0.1, 0.15) is 11.8 Å². The van der Waals surface area contributed by atoms with Gasteiger partial charge in [-0.2, -0.15) is 0 Å². The van der Waals surface area contributed by atoms with Gasteiger partial charge in [0.15, 0.2) is 0 Å². The lowest BCUT2D eigenvalue weighted by molar-refractivity contribution is -0.124. The summed E-state index contributed by atoms with van der Waals surface area (Å²) >= 11 is 0. The molecule has 0 aromatic heterocycles. The Kier molecular flexibility index (Phi) is 10.9. The third-order valence-electron chi connectivity index (χ3n) is 4.67. The fraction of sp³-hybridized carbons (Fsp3) is 0.391. The van der Waals surface area contributed by atoms with Crippen LogP contribution >= 0.6 is 12.4 Å². The first-order valence-corrected chi connectivity index (χ1v) is 10.0. The lowest BCUT2D eigenvalue weighted by Crippen LogP contribution is -2.35. The average molecular weight is 434 g/mol. The second-order valence-corrected chi connectivity index (χ2v) is 7.07. The van der Waals surface area contributed by atoms with E-state index in [0.717, 1.165) is 22.4 Å². The van der Waals surface area contributed by atoms with Crippen LogP contribution < -0.4 is 21.1 Å². The van der Waals surface area contributed by atoms with Crippen LogP contribution in [0.4, 0.5) is 0 Å². The molecule has 2 atom stereocenters. The third kappa shape index (κ3) is 8.05. The highest BCUT2D eigenvalue weighted by Crippen LogP contribution is 2.18. The van der Waals surface area contributed by atoms with E-state index in [9.17, 15) is 9.59 Å². The minimum absolute atomic E-state index is 0. The number of hydrogen-bond donors (Lipinski definition) is 3. The molecule has 2 rings (SSSR count). The summed E-state index contributed by atoms with van der Waals surface area (Å²) in [6, 6.07) is 14.5. The van der Waals surface area contributed by atoms with Crippen molar-refractivity contribution in [2.75, 3.05) is 13.2 Å². The van der Waals surface area contributed by atoms with Crippen molar-refractivity contribution < 1.29 is 14.3 Å². The fourth-order valence-corrected chi connectivity index (χ4v) is 2.91. The van der Waals surface area contributed by atoms with E-state index in [2.05, 4.69) is 10.6 Å². The minimum atomic E-state index is -0.705. The molecule has 0 aliphatic heterocycles. The molecule has 0 aliphatic carbocycles. The van der Waals surface area contributed by atoms with Crippen LogP contribution in [0.15, 0.2) is 48.5 Å². The van der Waals surface area contributed by atoms with E-state index in [1.165, 1.54) is 0 Å². The van der Waals surface area contributed by atoms with Crippen LogP contribution in [0.2, 0.25) is 0 Å². The summed E-state index contributed by atoms with van der Waals surface area (Å²) in [5, 5.41) is 5.77. The predicted molar refractivity (Wildman–Crippen MR) is 122 cm³/mol. The highest BCUT2D eigenvalue weighted by Gasteiger charge is 2.15. The van der Waals surface area contributed by atoms with Gasteiger partial charge in [-0.1, -0.05) is 42.0 Å². The van der Waals surface area contributed by atoms with Crippen molar-refractivity contribution in [2.24, 2.45) is 5.73 Å². The third-order valence-corrected chi connectivity index (χ3v) is 4.67. The SMILES string of the molecule is CCOc1ccc(C(C)NC(=O)CCCNC(=O)C(N)c2ccc(C)cc2)cc1.Cl. The number of nitrogens with two attached hydrogens (primary N) is 1. The second-order valence-electron chi connectivity index (χ2n) is 7.07. The number of aryl methyl sites for hydroxylation is 1. The van der Waals surface area contributed by atoms with Crippen molar-refractivity contribution >= 4 is 24.2 Å². The Morgan fingerprint density at radius 3 is 2.23 bits per heavy atom. The zero-order chi connectivity index (χ0) is 21.2. The van der Waals surface area contributed by atoms with Gasteiger partial charge in [0.2, 0.25) is 11.8 Å². The van der Waals surface area contributed by atoms with Gasteiger partial charge < -0.3 is 21.1 Å². The molecule has 6 nitrogen and oxygen atoms in total. The average Bonchev–Trinajstić information content (AvgIpc) is 2.71. The summed E-state index contributed by atoms with van der Waals surface area (Å²) in [7, 11) is 0. The number of carbonyl (C=O) groups is 2. The van der Waals surface area contributed by atoms with E-state index in [0.29, 0.717) is 26.0 Å². The molecule has 2 amide bonds. The second kappa shape index (κ2) is 12.9. The maximum absolute atomic E-state index is 12.2. The molecule has 0 aliphatic rings. The number of benzene rings is 2. The quantitative estimate of drug-likeness (QED) is 0.499. The Morgan fingerprint density at radius 2 is 1.63 bits per heavy atom. The van der Waals surface area contributed by atoms with E-state index in [1.807, 2.05) is 69.3 Å². The van der Waals surface area contributed by atoms with Crippen LogP contribution in [0.3, 0.4) is 0 Å². The van der Waals surface area contributed by atoms with Gasteiger partial charge in [-0.15, -0.1) is 12.4 Å². The molecule has 2 unspecified atom stereocenters. The molecule has 0 bridgehead atoms. The smallest absolute Gasteiger partial charge is 0.241 e. The van der Waals surface area contributed by atoms with Crippen molar-refractivity contribution in [1.82, 2.24) is 10.6 Å². The summed E-state index contributed by atoms with van der Waals surface area (Å²) < 4.78 is 5.43. The zero-order valence-corrected chi connectivity index (χ0v) is 18.6. The van der Waals surface area contributed by atoms with Gasteiger partial charge >= 0.3 is 0 Å². The fourth-order valence-electron chi connectivity index (χ4n) is 2.91. The largest absolute Gasteiger partial charge is 0.494 e. The number of hydrogen-bond acceptors (Lipinski definition) is 4. The van der Waals surface area contributed by atoms with Gasteiger partial charge in [-0.3, -0.25) is 9.59 Å². The van der Waals surface area contributed by atoms with Crippen LogP contribution in [0.1, 0.15) is 55.5 Å². The van der Waals surface area contributed by atoms with Gasteiger partial charge in [0.25, 0.3) is 0 Å². The number of nitrogens with one attached hydrogen (secondary N) is 2. The van der Waals surface area contributed by atoms with Gasteiger partial charge in [0.05, 0.1) is 12.6 Å². The minimum Gasteiger partial charge on any atom is -0.494 e. The number of rotatable bonds is 10. The van der Waals surface area contributed by atoms with Gasteiger partial charge in [0, 0.05) is 13.0 Å². The van der Waals surface area contributed by atoms with Crippen LogP contribution in [-0.4, -0.2) is 25.0 Å². The maximum Gasteiger partial charge on any atom is 0.241 e. The summed E-state index contributed by atoms with van der Waals surface area (Å²) in [5.74, 6) is 0.523. The zero-order valence-electron chi connectivity index (χ0n) is 17.8. The molecule has 2 aromatic carbocycles. The predicted octanol–water partition coefficient (Wildman–Crippen LogP) is 3.59. The summed E-state index contributed by atoms with van der Waals surface area (Å²) in [6.07, 6.45) is 0.885. The Bertz CT molecular complexity index is 794. The molecule has 7 heteroatoms. The lowest BCUT2D eigenvalue weighted by atomic mass is 10.1. The molecule has 0 heterocycles. The number of amides is 2. The Hall–Kier alpha value is -2.57. The summed E-state index contributed by atoms with van der Waals surface area (Å²) in [5.41, 5.74) is 8.89. The van der Waals surface area contributed by atoms with Crippen LogP contribution in [0, 0.1) is 6.92 Å². The van der Waals surface area contributed by atoms with Crippen molar-refractivity contribution in [3.63, 3.8) is 0 Å². The summed E-state index contributed by atoms with van der Waals surface area (Å²) in [4.78, 5) is 24.3. The van der Waals surface area contributed by atoms with E-state index in [-0.39, 0.29) is 30.3 Å². The molecule has 164 valence electrons. The maximum atomic E-state index is 12.2. The first kappa shape index (κ1) is 25.5. The van der Waals surface area contributed by atoms with Gasteiger partial charge in [-0.25, -0.2) is 0 Å². The van der Waals surface area contributed by atoms with Crippen molar-refractivity contribution in [1.29, 1.82) is 0 Å². The van der Waals surface area contributed by atoms with E-state index >= 15 is 0 Å². The molecule has 30 heavy (non-hydrogen) atoms. The Balaban J connectivity index is 0.00000450. The number of ether oxygens (including phenoxy) is 1. The highest BCUT2D eigenvalue weighted by molar-refractivity contribution is 5.85. The van der Waals surface area contributed by atoms with Crippen molar-refractivity contribution in [3.8, 4) is 5.75 Å². The number of halogens is 1. The molecule has 0 radical (unpaired) electrons. The molecule has 4 N–H and O–H groups in total. The number of carbonyl (C=O) groups excluding carboxylic acids is 2. The highest BCUT2D eigenvalue weighted by atomic mass is 35.5. The topological polar surface area (TPSA) is 93.5 Å². The standard InChI is InChI=1S/C23H31N3O3.ClH/c1-4-29-20-13-11-18(12-14-20)17(3)26-21(27)6-5-15-25-23(28)22(24)19-9-7-16(2)8-10-19;/h7-14,17,22H,4-6,15,24H2,1-3H3,(H,25,28)(H,26,27);1H. The molecule has 0 fully saturated rings. The Morgan fingerprint density at radius 1 is 1.03 bits per heavy atom. The normalized spacial score (nSPS) is 12.3. The summed E-state index contributed by atoms with van der Waals surface area (Å²) in [6.45, 7) is 6.89. The molecular formula is C23H32ClN3O3. The first-order valence-electron chi connectivity index (χ1n) is 10.0. The molecule has 0 saturated heterocycles.